The molecule has 1 aliphatic rings. The second-order valence-corrected chi connectivity index (χ2v) is 4.38. The Kier molecular flexibility index (Phi) is 4.24. The van der Waals surface area contributed by atoms with E-state index in [4.69, 9.17) is 26.4 Å². The van der Waals surface area contributed by atoms with Gasteiger partial charge in [-0.3, -0.25) is 9.69 Å². The van der Waals surface area contributed by atoms with Crippen molar-refractivity contribution in [1.29, 1.82) is 0 Å². The Balaban J connectivity index is 2.36. The summed E-state index contributed by atoms with van der Waals surface area (Å²) in [6, 6.07) is 5.31. The molecule has 5 nitrogen and oxygen atoms in total. The summed E-state index contributed by atoms with van der Waals surface area (Å²) in [5.41, 5.74) is 0.720. The van der Waals surface area contributed by atoms with E-state index >= 15 is 0 Å². The second-order valence-electron chi connectivity index (χ2n) is 4.03. The number of methoxy groups -OCH3 is 2. The van der Waals surface area contributed by atoms with Crippen LogP contribution in [0.15, 0.2) is 24.0 Å². The van der Waals surface area contributed by atoms with Gasteiger partial charge in [0.05, 0.1) is 14.2 Å². The van der Waals surface area contributed by atoms with Crippen LogP contribution in [-0.2, 0) is 9.53 Å². The van der Waals surface area contributed by atoms with Crippen LogP contribution in [0.1, 0.15) is 12.5 Å². The first-order valence-electron chi connectivity index (χ1n) is 6.08. The number of carbonyl (C=O) groups is 1. The van der Waals surface area contributed by atoms with Gasteiger partial charge in [0.15, 0.2) is 5.76 Å². The molecule has 0 aromatic heterocycles. The van der Waals surface area contributed by atoms with Crippen LogP contribution in [0, 0.1) is 0 Å². The van der Waals surface area contributed by atoms with Crippen LogP contribution in [0.5, 0.6) is 11.5 Å². The predicted molar refractivity (Wildman–Crippen MR) is 78.6 cm³/mol. The molecule has 1 aliphatic heterocycles. The summed E-state index contributed by atoms with van der Waals surface area (Å²) in [5.74, 6) is 1.22. The van der Waals surface area contributed by atoms with Gasteiger partial charge in [-0.15, -0.1) is 0 Å². The van der Waals surface area contributed by atoms with Gasteiger partial charge in [-0.05, 0) is 37.4 Å². The van der Waals surface area contributed by atoms with E-state index in [1.165, 1.54) is 4.90 Å². The van der Waals surface area contributed by atoms with E-state index in [-0.39, 0.29) is 16.8 Å². The first-order valence-corrected chi connectivity index (χ1v) is 6.49. The quantitative estimate of drug-likeness (QED) is 0.629. The molecule has 6 heteroatoms. The summed E-state index contributed by atoms with van der Waals surface area (Å²) in [4.78, 5) is 13.5. The fraction of sp³-hybridized carbons (Fsp3) is 0.286. The maximum Gasteiger partial charge on any atom is 0.297 e. The summed E-state index contributed by atoms with van der Waals surface area (Å²) >= 11 is 5.00. The van der Waals surface area contributed by atoms with Gasteiger partial charge in [0.25, 0.3) is 11.1 Å². The van der Waals surface area contributed by atoms with Gasteiger partial charge >= 0.3 is 0 Å². The topological polar surface area (TPSA) is 48.0 Å². The van der Waals surface area contributed by atoms with Gasteiger partial charge in [-0.1, -0.05) is 0 Å². The summed E-state index contributed by atoms with van der Waals surface area (Å²) in [6.45, 7) is 2.32. The van der Waals surface area contributed by atoms with Gasteiger partial charge in [-0.2, -0.15) is 0 Å². The second kappa shape index (κ2) is 5.92. The van der Waals surface area contributed by atoms with Gasteiger partial charge in [-0.25, -0.2) is 0 Å². The van der Waals surface area contributed by atoms with Crippen molar-refractivity contribution in [2.24, 2.45) is 0 Å². The minimum atomic E-state index is -0.240. The zero-order valence-corrected chi connectivity index (χ0v) is 12.3. The normalized spacial score (nSPS) is 16.6. The van der Waals surface area contributed by atoms with Crippen molar-refractivity contribution in [3.05, 3.63) is 29.5 Å². The molecule has 1 aromatic rings. The highest BCUT2D eigenvalue weighted by Crippen LogP contribution is 2.28. The minimum absolute atomic E-state index is 0.177. The van der Waals surface area contributed by atoms with Crippen molar-refractivity contribution in [1.82, 2.24) is 4.90 Å². The molecular weight excluding hydrogens is 278 g/mol. The molecule has 0 bridgehead atoms. The maximum atomic E-state index is 12.1. The lowest BCUT2D eigenvalue weighted by molar-refractivity contribution is -0.122. The monoisotopic (exact) mass is 293 g/mol. The number of thiocarbonyl (C=S) groups is 1. The fourth-order valence-corrected chi connectivity index (χ4v) is 2.15. The van der Waals surface area contributed by atoms with Crippen LogP contribution in [-0.4, -0.2) is 36.7 Å². The molecule has 106 valence electrons. The highest BCUT2D eigenvalue weighted by Gasteiger charge is 2.32. The Morgan fingerprint density at radius 1 is 1.35 bits per heavy atom. The molecule has 0 spiro atoms. The lowest BCUT2D eigenvalue weighted by Gasteiger charge is -2.07. The summed E-state index contributed by atoms with van der Waals surface area (Å²) in [5, 5.41) is 0.177. The zero-order chi connectivity index (χ0) is 14.7. The molecule has 1 fully saturated rings. The molecule has 20 heavy (non-hydrogen) atoms. The Morgan fingerprint density at radius 3 is 2.65 bits per heavy atom. The molecule has 1 saturated heterocycles. The lowest BCUT2D eigenvalue weighted by Crippen LogP contribution is -2.27. The third-order valence-electron chi connectivity index (χ3n) is 2.92. The number of carbonyl (C=O) groups excluding carboxylic acids is 1. The third kappa shape index (κ3) is 2.60. The van der Waals surface area contributed by atoms with Crippen molar-refractivity contribution >= 4 is 29.4 Å². The molecule has 1 aromatic carbocycles. The summed E-state index contributed by atoms with van der Waals surface area (Å²) < 4.78 is 15.7. The van der Waals surface area contributed by atoms with Crippen LogP contribution in [0.25, 0.3) is 6.08 Å². The molecular formula is C14H15NO4S. The molecule has 1 amide bonds. The Bertz CT molecular complexity index is 583. The molecule has 0 aliphatic carbocycles. The number of hydrogen-bond acceptors (Lipinski definition) is 5. The van der Waals surface area contributed by atoms with E-state index in [1.54, 1.807) is 38.5 Å². The number of rotatable bonds is 4. The van der Waals surface area contributed by atoms with Crippen LogP contribution >= 0.6 is 12.2 Å². The summed E-state index contributed by atoms with van der Waals surface area (Å²) in [6.07, 6.45) is 1.61. The number of ether oxygens (including phenoxy) is 3. The van der Waals surface area contributed by atoms with Gasteiger partial charge in [0, 0.05) is 18.2 Å². The number of likely N-dealkylation sites (N-methyl/N-ethyl adjacent to an activating group) is 1. The first-order chi connectivity index (χ1) is 9.60. The SMILES string of the molecule is CCN1C(=O)/C(=C\c2ccc(OC)cc2OC)OC1=S. The number of benzene rings is 1. The summed E-state index contributed by atoms with van der Waals surface area (Å²) in [7, 11) is 3.13. The van der Waals surface area contributed by atoms with Gasteiger partial charge in [0.2, 0.25) is 0 Å². The van der Waals surface area contributed by atoms with E-state index in [2.05, 4.69) is 0 Å². The Morgan fingerprint density at radius 2 is 2.10 bits per heavy atom. The highest BCUT2D eigenvalue weighted by molar-refractivity contribution is 7.80. The molecule has 1 heterocycles. The third-order valence-corrected chi connectivity index (χ3v) is 3.22. The molecule has 0 N–H and O–H groups in total. The van der Waals surface area contributed by atoms with E-state index in [1.807, 2.05) is 6.92 Å². The average Bonchev–Trinajstić information content (AvgIpc) is 2.73. The Labute approximate surface area is 122 Å². The van der Waals surface area contributed by atoms with Crippen LogP contribution in [0.3, 0.4) is 0 Å². The van der Waals surface area contributed by atoms with Crippen molar-refractivity contribution < 1.29 is 19.0 Å². The molecule has 0 radical (unpaired) electrons. The van der Waals surface area contributed by atoms with Crippen molar-refractivity contribution in [3.63, 3.8) is 0 Å². The van der Waals surface area contributed by atoms with Crippen molar-refractivity contribution in [3.8, 4) is 11.5 Å². The molecule has 2 rings (SSSR count). The zero-order valence-electron chi connectivity index (χ0n) is 11.5. The van der Waals surface area contributed by atoms with E-state index < -0.39 is 0 Å². The van der Waals surface area contributed by atoms with Crippen molar-refractivity contribution in [2.45, 2.75) is 6.92 Å². The van der Waals surface area contributed by atoms with Crippen LogP contribution in [0.2, 0.25) is 0 Å². The van der Waals surface area contributed by atoms with E-state index in [0.29, 0.717) is 18.0 Å². The molecule has 0 unspecified atom stereocenters. The predicted octanol–water partition coefficient (Wildman–Crippen LogP) is 2.21. The smallest absolute Gasteiger partial charge is 0.297 e. The van der Waals surface area contributed by atoms with Crippen LogP contribution < -0.4 is 9.47 Å². The van der Waals surface area contributed by atoms with E-state index in [0.717, 1.165) is 5.56 Å². The average molecular weight is 293 g/mol. The number of hydrogen-bond donors (Lipinski definition) is 0. The van der Waals surface area contributed by atoms with Gasteiger partial charge in [0.1, 0.15) is 11.5 Å². The largest absolute Gasteiger partial charge is 0.497 e. The van der Waals surface area contributed by atoms with E-state index in [9.17, 15) is 4.79 Å². The fourth-order valence-electron chi connectivity index (χ4n) is 1.85. The molecule has 0 saturated carbocycles. The highest BCUT2D eigenvalue weighted by atomic mass is 32.1. The number of nitrogens with zero attached hydrogens (tertiary/aromatic N) is 1. The maximum absolute atomic E-state index is 12.1. The Hall–Kier alpha value is -2.08. The minimum Gasteiger partial charge on any atom is -0.497 e. The lowest BCUT2D eigenvalue weighted by atomic mass is 10.1. The number of amides is 1. The standard InChI is InChI=1S/C14H15NO4S/c1-4-15-13(16)12(19-14(15)20)7-9-5-6-10(17-2)8-11(9)18-3/h5-8H,4H2,1-3H3/b12-7+. The first kappa shape index (κ1) is 14.3. The van der Waals surface area contributed by atoms with Gasteiger partial charge < -0.3 is 14.2 Å². The van der Waals surface area contributed by atoms with Crippen molar-refractivity contribution in [2.75, 3.05) is 20.8 Å². The van der Waals surface area contributed by atoms with Crippen LogP contribution in [0.4, 0.5) is 0 Å². The molecule has 0 atom stereocenters.